The number of tetrazole rings is 1. The standard InChI is InChI=1S/C10H6ClN5O2/c11-10(6-4-2-1-3-5-6)7(17)12-9-13-14-15-16(9)8(10)18/h1-5H,(H,12,13,15,17). The van der Waals surface area contributed by atoms with E-state index in [1.807, 2.05) is 0 Å². The van der Waals surface area contributed by atoms with Crippen LogP contribution in [-0.4, -0.2) is 32.0 Å². The van der Waals surface area contributed by atoms with Crippen LogP contribution in [0.15, 0.2) is 30.3 Å². The quantitative estimate of drug-likeness (QED) is 0.457. The van der Waals surface area contributed by atoms with Crippen molar-refractivity contribution in [1.82, 2.24) is 20.2 Å². The van der Waals surface area contributed by atoms with E-state index >= 15 is 0 Å². The molecule has 1 N–H and O–H groups in total. The van der Waals surface area contributed by atoms with Gasteiger partial charge in [-0.3, -0.25) is 14.9 Å². The Bertz CT molecular complexity index is 641. The van der Waals surface area contributed by atoms with Crippen LogP contribution in [0.5, 0.6) is 0 Å². The number of nitrogens with zero attached hydrogens (tertiary/aromatic N) is 4. The molecule has 1 aromatic heterocycles. The lowest BCUT2D eigenvalue weighted by Gasteiger charge is -2.27. The number of hydrogen-bond donors (Lipinski definition) is 1. The average Bonchev–Trinajstić information content (AvgIpc) is 2.85. The summed E-state index contributed by atoms with van der Waals surface area (Å²) in [5, 5.41) is 12.7. The van der Waals surface area contributed by atoms with Crippen molar-refractivity contribution in [3.05, 3.63) is 35.9 Å². The molecule has 1 atom stereocenters. The van der Waals surface area contributed by atoms with Crippen LogP contribution in [-0.2, 0) is 9.67 Å². The maximum absolute atomic E-state index is 12.2. The van der Waals surface area contributed by atoms with Gasteiger partial charge in [0, 0.05) is 0 Å². The minimum Gasteiger partial charge on any atom is -0.291 e. The Morgan fingerprint density at radius 3 is 2.67 bits per heavy atom. The van der Waals surface area contributed by atoms with Gasteiger partial charge in [0.1, 0.15) is 0 Å². The van der Waals surface area contributed by atoms with Gasteiger partial charge in [0.05, 0.1) is 0 Å². The summed E-state index contributed by atoms with van der Waals surface area (Å²) in [6.07, 6.45) is 0. The third-order valence-corrected chi connectivity index (χ3v) is 3.22. The number of nitrogens with one attached hydrogen (secondary N) is 1. The second-order valence-electron chi connectivity index (χ2n) is 3.70. The Kier molecular flexibility index (Phi) is 2.17. The monoisotopic (exact) mass is 263 g/mol. The molecule has 0 saturated carbocycles. The summed E-state index contributed by atoms with van der Waals surface area (Å²) in [7, 11) is 0. The maximum Gasteiger partial charge on any atom is 0.287 e. The van der Waals surface area contributed by atoms with Crippen molar-refractivity contribution in [2.24, 2.45) is 0 Å². The van der Waals surface area contributed by atoms with Crippen LogP contribution in [0.25, 0.3) is 0 Å². The van der Waals surface area contributed by atoms with Crippen molar-refractivity contribution in [3.63, 3.8) is 0 Å². The highest BCUT2D eigenvalue weighted by Gasteiger charge is 2.51. The van der Waals surface area contributed by atoms with E-state index in [0.29, 0.717) is 5.56 Å². The zero-order chi connectivity index (χ0) is 12.8. The second kappa shape index (κ2) is 3.61. The fourth-order valence-electron chi connectivity index (χ4n) is 1.75. The second-order valence-corrected chi connectivity index (χ2v) is 4.27. The molecule has 1 aliphatic rings. The molecule has 1 amide bonds. The van der Waals surface area contributed by atoms with Crippen molar-refractivity contribution in [2.45, 2.75) is 4.87 Å². The number of rotatable bonds is 1. The van der Waals surface area contributed by atoms with E-state index in [1.54, 1.807) is 30.3 Å². The van der Waals surface area contributed by atoms with Gasteiger partial charge in [-0.1, -0.05) is 47.0 Å². The fraction of sp³-hybridized carbons (Fsp3) is 0.100. The number of alkyl halides is 1. The number of hydrogen-bond acceptors (Lipinski definition) is 5. The van der Waals surface area contributed by atoms with Crippen molar-refractivity contribution in [1.29, 1.82) is 0 Å². The van der Waals surface area contributed by atoms with E-state index < -0.39 is 16.7 Å². The Hall–Kier alpha value is -2.28. The molecule has 0 saturated heterocycles. The average molecular weight is 264 g/mol. The smallest absolute Gasteiger partial charge is 0.287 e. The molecule has 0 bridgehead atoms. The van der Waals surface area contributed by atoms with Crippen LogP contribution in [0, 0.1) is 0 Å². The van der Waals surface area contributed by atoms with Gasteiger partial charge >= 0.3 is 0 Å². The van der Waals surface area contributed by atoms with Gasteiger partial charge in [0.25, 0.3) is 17.8 Å². The molecule has 0 aliphatic carbocycles. The third kappa shape index (κ3) is 1.28. The highest BCUT2D eigenvalue weighted by Crippen LogP contribution is 2.35. The lowest BCUT2D eigenvalue weighted by Crippen LogP contribution is -2.50. The molecule has 7 nitrogen and oxygen atoms in total. The number of halogens is 1. The highest BCUT2D eigenvalue weighted by molar-refractivity contribution is 6.48. The van der Waals surface area contributed by atoms with Crippen molar-refractivity contribution in [3.8, 4) is 0 Å². The van der Waals surface area contributed by atoms with E-state index in [0.717, 1.165) is 4.68 Å². The normalized spacial score (nSPS) is 22.5. The molecule has 0 spiro atoms. The molecule has 2 aromatic rings. The first-order chi connectivity index (χ1) is 8.64. The van der Waals surface area contributed by atoms with Crippen molar-refractivity contribution in [2.75, 3.05) is 5.32 Å². The number of aromatic nitrogens is 4. The van der Waals surface area contributed by atoms with Crippen molar-refractivity contribution < 1.29 is 9.59 Å². The number of amides is 1. The lowest BCUT2D eigenvalue weighted by molar-refractivity contribution is -0.118. The molecule has 18 heavy (non-hydrogen) atoms. The molecule has 90 valence electrons. The Morgan fingerprint density at radius 1 is 1.22 bits per heavy atom. The lowest BCUT2D eigenvalue weighted by atomic mass is 9.95. The summed E-state index contributed by atoms with van der Waals surface area (Å²) in [6, 6.07) is 8.33. The van der Waals surface area contributed by atoms with E-state index in [9.17, 15) is 9.59 Å². The first-order valence-corrected chi connectivity index (χ1v) is 5.41. The summed E-state index contributed by atoms with van der Waals surface area (Å²) < 4.78 is 0.876. The van der Waals surface area contributed by atoms with Gasteiger partial charge in [-0.15, -0.1) is 4.68 Å². The molecule has 1 aliphatic heterocycles. The molecule has 0 radical (unpaired) electrons. The zero-order valence-electron chi connectivity index (χ0n) is 8.87. The summed E-state index contributed by atoms with van der Waals surface area (Å²) in [5.41, 5.74) is 0.371. The Labute approximate surface area is 106 Å². The zero-order valence-corrected chi connectivity index (χ0v) is 9.63. The van der Waals surface area contributed by atoms with Crippen LogP contribution in [0.1, 0.15) is 10.4 Å². The summed E-state index contributed by atoms with van der Waals surface area (Å²) in [4.78, 5) is 22.4. The first-order valence-electron chi connectivity index (χ1n) is 5.03. The van der Waals surface area contributed by atoms with Gasteiger partial charge in [-0.2, -0.15) is 0 Å². The Balaban J connectivity index is 2.19. The van der Waals surface area contributed by atoms with E-state index in [1.165, 1.54) is 0 Å². The van der Waals surface area contributed by atoms with Crippen LogP contribution >= 0.6 is 11.6 Å². The Morgan fingerprint density at radius 2 is 1.94 bits per heavy atom. The predicted molar refractivity (Wildman–Crippen MR) is 61.0 cm³/mol. The third-order valence-electron chi connectivity index (χ3n) is 2.67. The minimum atomic E-state index is -1.84. The number of fused-ring (bicyclic) bond motifs is 1. The maximum atomic E-state index is 12.2. The van der Waals surface area contributed by atoms with Crippen LogP contribution in [0.4, 0.5) is 5.95 Å². The van der Waals surface area contributed by atoms with Gasteiger partial charge in [-0.25, -0.2) is 0 Å². The summed E-state index contributed by atoms with van der Waals surface area (Å²) >= 11 is 6.21. The summed E-state index contributed by atoms with van der Waals surface area (Å²) in [6.45, 7) is 0. The largest absolute Gasteiger partial charge is 0.291 e. The highest BCUT2D eigenvalue weighted by atomic mass is 35.5. The summed E-state index contributed by atoms with van der Waals surface area (Å²) in [5.74, 6) is -1.39. The van der Waals surface area contributed by atoms with Crippen LogP contribution in [0.3, 0.4) is 0 Å². The van der Waals surface area contributed by atoms with E-state index in [2.05, 4.69) is 20.8 Å². The van der Waals surface area contributed by atoms with Crippen LogP contribution < -0.4 is 5.32 Å². The van der Waals surface area contributed by atoms with Crippen LogP contribution in [0.2, 0.25) is 0 Å². The number of benzene rings is 1. The molecular weight excluding hydrogens is 258 g/mol. The minimum absolute atomic E-state index is 0.0304. The molecule has 3 rings (SSSR count). The fourth-order valence-corrected chi connectivity index (χ4v) is 2.01. The SMILES string of the molecule is O=C1Nc2nnnn2C(=O)C1(Cl)c1ccccc1. The molecule has 8 heteroatoms. The number of carbonyl (C=O) groups is 2. The molecule has 1 unspecified atom stereocenters. The molecule has 0 fully saturated rings. The van der Waals surface area contributed by atoms with Gasteiger partial charge in [0.15, 0.2) is 0 Å². The predicted octanol–water partition coefficient (Wildman–Crippen LogP) is 0.400. The van der Waals surface area contributed by atoms with Gasteiger partial charge in [-0.05, 0) is 16.0 Å². The van der Waals surface area contributed by atoms with Gasteiger partial charge < -0.3 is 0 Å². The van der Waals surface area contributed by atoms with E-state index in [4.69, 9.17) is 11.6 Å². The molecular formula is C10H6ClN5O2. The number of anilines is 1. The molecule has 2 heterocycles. The molecule has 1 aromatic carbocycles. The topological polar surface area (TPSA) is 89.8 Å². The number of carbonyl (C=O) groups excluding carboxylic acids is 2. The van der Waals surface area contributed by atoms with Crippen molar-refractivity contribution >= 4 is 29.4 Å². The van der Waals surface area contributed by atoms with Gasteiger partial charge in [0.2, 0.25) is 4.87 Å². The van der Waals surface area contributed by atoms with E-state index in [-0.39, 0.29) is 5.95 Å². The first kappa shape index (κ1) is 10.8.